The Morgan fingerprint density at radius 3 is 2.83 bits per heavy atom. The Morgan fingerprint density at radius 1 is 1.42 bits per heavy atom. The molecule has 0 fully saturated rings. The minimum absolute atomic E-state index is 0.604. The lowest BCUT2D eigenvalue weighted by atomic mass is 10.1. The van der Waals surface area contributed by atoms with E-state index in [1.165, 1.54) is 0 Å². The molecule has 1 aliphatic rings. The Balaban J connectivity index is 2.10. The van der Waals surface area contributed by atoms with E-state index in [9.17, 15) is 0 Å². The lowest BCUT2D eigenvalue weighted by molar-refractivity contribution is 0.415. The first-order chi connectivity index (χ1) is 11.6. The molecule has 1 aliphatic heterocycles. The number of rotatable bonds is 2. The van der Waals surface area contributed by atoms with Gasteiger partial charge < -0.3 is 15.9 Å². The number of nitrogens with one attached hydrogen (secondary N) is 1. The third-order valence-electron chi connectivity index (χ3n) is 3.78. The van der Waals surface area contributed by atoms with Crippen LogP contribution in [-0.2, 0) is 0 Å². The van der Waals surface area contributed by atoms with Crippen molar-refractivity contribution in [2.75, 3.05) is 23.9 Å². The predicted octanol–water partition coefficient (Wildman–Crippen LogP) is 3.31. The van der Waals surface area contributed by atoms with Crippen molar-refractivity contribution >= 4 is 33.3 Å². The monoisotopic (exact) mass is 387 g/mol. The number of methoxy groups -OCH3 is 1. The predicted molar refractivity (Wildman–Crippen MR) is 100 cm³/mol. The summed E-state index contributed by atoms with van der Waals surface area (Å²) < 4.78 is 6.08. The molecule has 3 N–H and O–H groups in total. The van der Waals surface area contributed by atoms with Gasteiger partial charge in [0, 0.05) is 34.9 Å². The summed E-state index contributed by atoms with van der Waals surface area (Å²) >= 11 is 3.48. The van der Waals surface area contributed by atoms with Gasteiger partial charge in [-0.1, -0.05) is 6.58 Å². The third kappa shape index (κ3) is 3.07. The Kier molecular flexibility index (Phi) is 4.71. The van der Waals surface area contributed by atoms with Gasteiger partial charge in [0.1, 0.15) is 11.6 Å². The van der Waals surface area contributed by atoms with Gasteiger partial charge in [-0.05, 0) is 46.3 Å². The van der Waals surface area contributed by atoms with Crippen molar-refractivity contribution in [3.63, 3.8) is 0 Å². The summed E-state index contributed by atoms with van der Waals surface area (Å²) in [5.41, 5.74) is 2.61. The Bertz CT molecular complexity index is 788. The number of nitrogens with zero attached hydrogens (tertiary/aromatic N) is 3. The number of hydrazone groups is 1. The van der Waals surface area contributed by atoms with E-state index in [1.54, 1.807) is 13.3 Å². The number of aromatic nitrogens is 1. The van der Waals surface area contributed by atoms with E-state index in [-0.39, 0.29) is 0 Å². The smallest absolute Gasteiger partial charge is 0.164 e. The maximum absolute atomic E-state index is 5.74. The van der Waals surface area contributed by atoms with Gasteiger partial charge in [-0.25, -0.2) is 4.98 Å². The number of amidine groups is 1. The molecule has 124 valence electrons. The van der Waals surface area contributed by atoms with Gasteiger partial charge in [-0.2, -0.15) is 5.10 Å². The van der Waals surface area contributed by atoms with Crippen LogP contribution >= 0.6 is 15.9 Å². The Morgan fingerprint density at radius 2 is 2.17 bits per heavy atom. The Hall–Kier alpha value is -2.54. The quantitative estimate of drug-likeness (QED) is 0.357. The first-order valence-electron chi connectivity index (χ1n) is 7.43. The van der Waals surface area contributed by atoms with Crippen LogP contribution in [0.4, 0.5) is 11.5 Å². The molecular weight excluding hydrogens is 370 g/mol. The Labute approximate surface area is 149 Å². The second-order valence-corrected chi connectivity index (χ2v) is 6.20. The van der Waals surface area contributed by atoms with Crippen LogP contribution in [0.15, 0.2) is 58.4 Å². The maximum atomic E-state index is 5.74. The van der Waals surface area contributed by atoms with Gasteiger partial charge in [0.25, 0.3) is 0 Å². The van der Waals surface area contributed by atoms with Gasteiger partial charge in [-0.3, -0.25) is 4.90 Å². The molecule has 2 aromatic rings. The average Bonchev–Trinajstić information content (AvgIpc) is 2.75. The molecule has 2 heterocycles. The zero-order valence-electron chi connectivity index (χ0n) is 13.3. The minimum Gasteiger partial charge on any atom is -0.497 e. The van der Waals surface area contributed by atoms with Gasteiger partial charge in [0.2, 0.25) is 0 Å². The summed E-state index contributed by atoms with van der Waals surface area (Å²) in [6, 6.07) is 9.56. The molecule has 1 aromatic carbocycles. The molecule has 7 heteroatoms. The SMILES string of the molecule is C=C1CCNc2ncc(Br)cc2N1/C(=N\N)c1ccc(OC)cc1. The summed E-state index contributed by atoms with van der Waals surface area (Å²) in [6.45, 7) is 4.94. The fourth-order valence-corrected chi connectivity index (χ4v) is 2.93. The minimum atomic E-state index is 0.604. The summed E-state index contributed by atoms with van der Waals surface area (Å²) in [5, 5.41) is 7.34. The van der Waals surface area contributed by atoms with Crippen molar-refractivity contribution in [2.24, 2.45) is 10.9 Å². The van der Waals surface area contributed by atoms with Crippen molar-refractivity contribution < 1.29 is 4.74 Å². The molecular formula is C17H18BrN5O. The zero-order valence-corrected chi connectivity index (χ0v) is 14.9. The molecule has 0 saturated heterocycles. The molecule has 0 bridgehead atoms. The fourth-order valence-electron chi connectivity index (χ4n) is 2.61. The molecule has 0 spiro atoms. The molecule has 6 nitrogen and oxygen atoms in total. The van der Waals surface area contributed by atoms with Crippen molar-refractivity contribution in [3.8, 4) is 5.75 Å². The largest absolute Gasteiger partial charge is 0.497 e. The van der Waals surface area contributed by atoms with Crippen LogP contribution in [-0.4, -0.2) is 24.5 Å². The molecule has 1 aromatic heterocycles. The van der Waals surface area contributed by atoms with Gasteiger partial charge in [-0.15, -0.1) is 0 Å². The topological polar surface area (TPSA) is 75.8 Å². The molecule has 0 unspecified atom stereocenters. The van der Waals surface area contributed by atoms with E-state index >= 15 is 0 Å². The number of benzene rings is 1. The molecule has 3 rings (SSSR count). The van der Waals surface area contributed by atoms with E-state index in [4.69, 9.17) is 10.6 Å². The van der Waals surface area contributed by atoms with Crippen LogP contribution < -0.4 is 20.8 Å². The highest BCUT2D eigenvalue weighted by molar-refractivity contribution is 9.10. The second-order valence-electron chi connectivity index (χ2n) is 5.28. The van der Waals surface area contributed by atoms with E-state index < -0.39 is 0 Å². The van der Waals surface area contributed by atoms with E-state index in [2.05, 4.69) is 37.9 Å². The zero-order chi connectivity index (χ0) is 17.1. The highest BCUT2D eigenvalue weighted by Crippen LogP contribution is 2.34. The summed E-state index contributed by atoms with van der Waals surface area (Å²) in [7, 11) is 1.63. The summed E-state index contributed by atoms with van der Waals surface area (Å²) in [5.74, 6) is 7.88. The van der Waals surface area contributed by atoms with Crippen LogP contribution in [0.2, 0.25) is 0 Å². The van der Waals surface area contributed by atoms with E-state index in [0.717, 1.165) is 46.0 Å². The molecule has 24 heavy (non-hydrogen) atoms. The lowest BCUT2D eigenvalue weighted by Gasteiger charge is -2.27. The van der Waals surface area contributed by atoms with Crippen LogP contribution in [0, 0.1) is 0 Å². The van der Waals surface area contributed by atoms with Crippen LogP contribution in [0.25, 0.3) is 0 Å². The summed E-state index contributed by atoms with van der Waals surface area (Å²) in [6.07, 6.45) is 2.51. The number of fused-ring (bicyclic) bond motifs is 1. The van der Waals surface area contributed by atoms with Crippen LogP contribution in [0.3, 0.4) is 0 Å². The number of hydrogen-bond donors (Lipinski definition) is 2. The molecule has 0 saturated carbocycles. The van der Waals surface area contributed by atoms with Crippen molar-refractivity contribution in [2.45, 2.75) is 6.42 Å². The van der Waals surface area contributed by atoms with Crippen LogP contribution in [0.5, 0.6) is 5.75 Å². The van der Waals surface area contributed by atoms with E-state index in [0.29, 0.717) is 5.84 Å². The number of hydrogen-bond acceptors (Lipinski definition) is 5. The average molecular weight is 388 g/mol. The molecule has 0 atom stereocenters. The number of pyridine rings is 1. The fraction of sp³-hybridized carbons (Fsp3) is 0.176. The summed E-state index contributed by atoms with van der Waals surface area (Å²) in [4.78, 5) is 6.38. The van der Waals surface area contributed by atoms with Crippen molar-refractivity contribution in [1.29, 1.82) is 0 Å². The standard InChI is InChI=1S/C17H18BrN5O/c1-11-7-8-20-16-15(9-13(18)10-21-16)23(11)17(22-19)12-3-5-14(24-2)6-4-12/h3-6,9-10H,1,7-8,19H2,2H3,(H,20,21)/b22-17-. The highest BCUT2D eigenvalue weighted by atomic mass is 79.9. The number of halogens is 1. The number of nitrogens with two attached hydrogens (primary N) is 1. The number of anilines is 2. The van der Waals surface area contributed by atoms with Gasteiger partial charge >= 0.3 is 0 Å². The van der Waals surface area contributed by atoms with Crippen molar-refractivity contribution in [1.82, 2.24) is 4.98 Å². The van der Waals surface area contributed by atoms with Gasteiger partial charge in [0.15, 0.2) is 5.84 Å². The first-order valence-corrected chi connectivity index (χ1v) is 8.23. The van der Waals surface area contributed by atoms with Gasteiger partial charge in [0.05, 0.1) is 12.8 Å². The first kappa shape index (κ1) is 16.3. The van der Waals surface area contributed by atoms with Crippen LogP contribution in [0.1, 0.15) is 12.0 Å². The second kappa shape index (κ2) is 6.92. The lowest BCUT2D eigenvalue weighted by Crippen LogP contribution is -2.31. The molecule has 0 aliphatic carbocycles. The number of ether oxygens (including phenoxy) is 1. The molecule has 0 radical (unpaired) electrons. The highest BCUT2D eigenvalue weighted by Gasteiger charge is 2.25. The third-order valence-corrected chi connectivity index (χ3v) is 4.21. The maximum Gasteiger partial charge on any atom is 0.164 e. The van der Waals surface area contributed by atoms with Crippen molar-refractivity contribution in [3.05, 3.63) is 58.8 Å². The molecule has 0 amide bonds. The van der Waals surface area contributed by atoms with E-state index in [1.807, 2.05) is 35.2 Å². The normalized spacial score (nSPS) is 14.7.